The molecule has 0 amide bonds. The summed E-state index contributed by atoms with van der Waals surface area (Å²) in [5, 5.41) is 8.63. The van der Waals surface area contributed by atoms with Crippen LogP contribution in [0.5, 0.6) is 0 Å². The van der Waals surface area contributed by atoms with E-state index < -0.39 is 5.79 Å². The van der Waals surface area contributed by atoms with Crippen LogP contribution < -0.4 is 0 Å². The second kappa shape index (κ2) is 4.87. The fourth-order valence-electron chi connectivity index (χ4n) is 2.06. The molecule has 0 spiro atoms. The van der Waals surface area contributed by atoms with Gasteiger partial charge >= 0.3 is 0 Å². The molecule has 1 aliphatic heterocycles. The van der Waals surface area contributed by atoms with Gasteiger partial charge in [0.25, 0.3) is 0 Å². The van der Waals surface area contributed by atoms with Gasteiger partial charge in [-0.1, -0.05) is 29.8 Å². The first kappa shape index (κ1) is 12.1. The molecule has 0 saturated carbocycles. The lowest BCUT2D eigenvalue weighted by atomic mass is 10.0. The molecule has 1 heterocycles. The second-order valence-corrected chi connectivity index (χ2v) is 4.71. The van der Waals surface area contributed by atoms with E-state index in [2.05, 4.69) is 37.3 Å². The van der Waals surface area contributed by atoms with Gasteiger partial charge in [-0.2, -0.15) is 5.26 Å². The Balaban J connectivity index is 1.99. The van der Waals surface area contributed by atoms with Crippen LogP contribution in [0.3, 0.4) is 0 Å². The fourth-order valence-corrected chi connectivity index (χ4v) is 2.06. The van der Waals surface area contributed by atoms with Crippen molar-refractivity contribution in [3.05, 3.63) is 35.4 Å². The van der Waals surface area contributed by atoms with E-state index in [0.29, 0.717) is 13.0 Å². The molecular formula is C14H17NO2. The first-order valence-electron chi connectivity index (χ1n) is 5.85. The molecule has 2 rings (SSSR count). The highest BCUT2D eigenvalue weighted by Crippen LogP contribution is 2.28. The van der Waals surface area contributed by atoms with Gasteiger partial charge in [0, 0.05) is 6.42 Å². The second-order valence-electron chi connectivity index (χ2n) is 4.71. The topological polar surface area (TPSA) is 42.2 Å². The predicted molar refractivity (Wildman–Crippen MR) is 64.3 cm³/mol. The smallest absolute Gasteiger partial charge is 0.170 e. The molecule has 17 heavy (non-hydrogen) atoms. The summed E-state index contributed by atoms with van der Waals surface area (Å²) in [6, 6.07) is 10.5. The molecule has 0 aromatic heterocycles. The Morgan fingerprint density at radius 2 is 2.12 bits per heavy atom. The van der Waals surface area contributed by atoms with Crippen molar-refractivity contribution in [2.45, 2.75) is 38.6 Å². The summed E-state index contributed by atoms with van der Waals surface area (Å²) < 4.78 is 11.4. The van der Waals surface area contributed by atoms with Gasteiger partial charge < -0.3 is 9.47 Å². The molecule has 2 atom stereocenters. The largest absolute Gasteiger partial charge is 0.347 e. The molecule has 3 heteroatoms. The van der Waals surface area contributed by atoms with E-state index in [0.717, 1.165) is 6.42 Å². The van der Waals surface area contributed by atoms with Crippen molar-refractivity contribution in [3.63, 3.8) is 0 Å². The van der Waals surface area contributed by atoms with Crippen LogP contribution in [-0.2, 0) is 15.9 Å². The number of aryl methyl sites for hydroxylation is 1. The van der Waals surface area contributed by atoms with E-state index in [1.807, 2.05) is 6.92 Å². The Hall–Kier alpha value is -1.37. The van der Waals surface area contributed by atoms with Gasteiger partial charge in [0.2, 0.25) is 0 Å². The van der Waals surface area contributed by atoms with Gasteiger partial charge in [-0.05, 0) is 19.4 Å². The van der Waals surface area contributed by atoms with Crippen LogP contribution >= 0.6 is 0 Å². The van der Waals surface area contributed by atoms with Gasteiger partial charge in [0.15, 0.2) is 5.79 Å². The minimum atomic E-state index is -0.587. The van der Waals surface area contributed by atoms with Crippen molar-refractivity contribution in [1.82, 2.24) is 0 Å². The molecule has 2 unspecified atom stereocenters. The van der Waals surface area contributed by atoms with Crippen LogP contribution in [-0.4, -0.2) is 18.5 Å². The molecule has 1 saturated heterocycles. The number of rotatable bonds is 3. The van der Waals surface area contributed by atoms with Crippen molar-refractivity contribution < 1.29 is 9.47 Å². The van der Waals surface area contributed by atoms with Crippen LogP contribution in [0, 0.1) is 18.3 Å². The third-order valence-corrected chi connectivity index (χ3v) is 2.96. The van der Waals surface area contributed by atoms with Gasteiger partial charge in [-0.3, -0.25) is 0 Å². The molecule has 0 radical (unpaired) electrons. The zero-order valence-electron chi connectivity index (χ0n) is 10.3. The van der Waals surface area contributed by atoms with Crippen LogP contribution in [0.1, 0.15) is 24.5 Å². The minimum absolute atomic E-state index is 0.0875. The summed E-state index contributed by atoms with van der Waals surface area (Å²) in [4.78, 5) is 0. The molecule has 90 valence electrons. The van der Waals surface area contributed by atoms with Crippen LogP contribution in [0.4, 0.5) is 0 Å². The lowest BCUT2D eigenvalue weighted by Crippen LogP contribution is -2.29. The Morgan fingerprint density at radius 1 is 1.41 bits per heavy atom. The van der Waals surface area contributed by atoms with Crippen LogP contribution in [0.25, 0.3) is 0 Å². The fraction of sp³-hybridized carbons (Fsp3) is 0.500. The Morgan fingerprint density at radius 3 is 2.76 bits per heavy atom. The van der Waals surface area contributed by atoms with E-state index in [-0.39, 0.29) is 6.10 Å². The summed E-state index contributed by atoms with van der Waals surface area (Å²) in [6.07, 6.45) is 1.02. The first-order chi connectivity index (χ1) is 8.11. The first-order valence-corrected chi connectivity index (χ1v) is 5.85. The summed E-state index contributed by atoms with van der Waals surface area (Å²) >= 11 is 0. The molecule has 3 nitrogen and oxygen atoms in total. The molecule has 1 aromatic carbocycles. The Bertz CT molecular complexity index is 421. The lowest BCUT2D eigenvalue weighted by molar-refractivity contribution is -0.151. The zero-order chi connectivity index (χ0) is 12.3. The number of benzene rings is 1. The third kappa shape index (κ3) is 3.06. The maximum absolute atomic E-state index is 8.63. The third-order valence-electron chi connectivity index (χ3n) is 2.96. The van der Waals surface area contributed by atoms with E-state index >= 15 is 0 Å². The number of nitrogens with zero attached hydrogens (tertiary/aromatic N) is 1. The molecule has 0 N–H and O–H groups in total. The van der Waals surface area contributed by atoms with Gasteiger partial charge in [0.1, 0.15) is 0 Å². The minimum Gasteiger partial charge on any atom is -0.347 e. The summed E-state index contributed by atoms with van der Waals surface area (Å²) in [5.74, 6) is -0.587. The van der Waals surface area contributed by atoms with Crippen LogP contribution in [0.15, 0.2) is 24.3 Å². The highest BCUT2D eigenvalue weighted by atomic mass is 16.7. The van der Waals surface area contributed by atoms with Crippen molar-refractivity contribution >= 4 is 0 Å². The standard InChI is InChI=1S/C14H17NO2/c1-11-3-5-12(6-4-11)9-14(2)16-10-13(17-14)7-8-15/h3-6,13H,7,9-10H2,1-2H3. The normalized spacial score (nSPS) is 27.9. The molecule has 1 fully saturated rings. The molecule has 1 aromatic rings. The Labute approximate surface area is 102 Å². The van der Waals surface area contributed by atoms with E-state index in [1.54, 1.807) is 0 Å². The van der Waals surface area contributed by atoms with Gasteiger partial charge in [0.05, 0.1) is 25.2 Å². The molecule has 1 aliphatic rings. The van der Waals surface area contributed by atoms with Crippen molar-refractivity contribution in [1.29, 1.82) is 5.26 Å². The summed E-state index contributed by atoms with van der Waals surface area (Å²) in [6.45, 7) is 4.51. The van der Waals surface area contributed by atoms with E-state index in [4.69, 9.17) is 14.7 Å². The average molecular weight is 231 g/mol. The van der Waals surface area contributed by atoms with Gasteiger partial charge in [-0.25, -0.2) is 0 Å². The Kier molecular flexibility index (Phi) is 3.46. The van der Waals surface area contributed by atoms with Gasteiger partial charge in [-0.15, -0.1) is 0 Å². The van der Waals surface area contributed by atoms with Crippen molar-refractivity contribution in [2.24, 2.45) is 0 Å². The summed E-state index contributed by atoms with van der Waals surface area (Å²) in [5.41, 5.74) is 2.44. The average Bonchev–Trinajstić information content (AvgIpc) is 2.64. The zero-order valence-corrected chi connectivity index (χ0v) is 10.3. The molecule has 0 bridgehead atoms. The maximum Gasteiger partial charge on any atom is 0.170 e. The lowest BCUT2D eigenvalue weighted by Gasteiger charge is -2.23. The molecular weight excluding hydrogens is 214 g/mol. The van der Waals surface area contributed by atoms with Crippen molar-refractivity contribution in [3.8, 4) is 6.07 Å². The maximum atomic E-state index is 8.63. The number of nitriles is 1. The highest BCUT2D eigenvalue weighted by Gasteiger charge is 2.37. The SMILES string of the molecule is Cc1ccc(CC2(C)OCC(CC#N)O2)cc1. The molecule has 0 aliphatic carbocycles. The van der Waals surface area contributed by atoms with Crippen LogP contribution in [0.2, 0.25) is 0 Å². The number of hydrogen-bond donors (Lipinski definition) is 0. The number of hydrogen-bond acceptors (Lipinski definition) is 3. The van der Waals surface area contributed by atoms with E-state index in [1.165, 1.54) is 11.1 Å². The van der Waals surface area contributed by atoms with E-state index in [9.17, 15) is 0 Å². The monoisotopic (exact) mass is 231 g/mol. The summed E-state index contributed by atoms with van der Waals surface area (Å²) in [7, 11) is 0. The predicted octanol–water partition coefficient (Wildman–Crippen LogP) is 2.58. The number of ether oxygens (including phenoxy) is 2. The quantitative estimate of drug-likeness (QED) is 0.803. The highest BCUT2D eigenvalue weighted by molar-refractivity contribution is 5.22. The van der Waals surface area contributed by atoms with Crippen molar-refractivity contribution in [2.75, 3.05) is 6.61 Å².